The molecule has 20 heavy (non-hydrogen) atoms. The molecule has 0 atom stereocenters. The molecule has 1 N–H and O–H groups in total. The third-order valence-electron chi connectivity index (χ3n) is 3.72. The highest BCUT2D eigenvalue weighted by Crippen LogP contribution is 2.05. The summed E-state index contributed by atoms with van der Waals surface area (Å²) in [6, 6.07) is 10.5. The van der Waals surface area contributed by atoms with Crippen molar-refractivity contribution >= 4 is 0 Å². The van der Waals surface area contributed by atoms with Crippen LogP contribution in [0.1, 0.15) is 24.2 Å². The summed E-state index contributed by atoms with van der Waals surface area (Å²) in [7, 11) is 0. The predicted octanol–water partition coefficient (Wildman–Crippen LogP) is 1.17. The molecule has 0 spiro atoms. The average molecular weight is 272 g/mol. The minimum Gasteiger partial charge on any atom is -0.308 e. The van der Waals surface area contributed by atoms with Crippen molar-refractivity contribution in [2.45, 2.75) is 38.9 Å². The van der Waals surface area contributed by atoms with Crippen molar-refractivity contribution in [2.24, 2.45) is 0 Å². The molecule has 5 nitrogen and oxygen atoms in total. The summed E-state index contributed by atoms with van der Waals surface area (Å²) in [6.07, 6.45) is 3.13. The second kappa shape index (κ2) is 6.05. The van der Waals surface area contributed by atoms with Crippen LogP contribution in [0, 0.1) is 0 Å². The van der Waals surface area contributed by atoms with E-state index in [9.17, 15) is 4.79 Å². The predicted molar refractivity (Wildman–Crippen MR) is 77.6 cm³/mol. The zero-order valence-electron chi connectivity index (χ0n) is 11.6. The van der Waals surface area contributed by atoms with Crippen molar-refractivity contribution in [1.82, 2.24) is 19.7 Å². The largest absolute Gasteiger partial charge is 0.345 e. The van der Waals surface area contributed by atoms with E-state index in [0.717, 1.165) is 38.2 Å². The zero-order chi connectivity index (χ0) is 13.8. The Kier molecular flexibility index (Phi) is 3.97. The van der Waals surface area contributed by atoms with Gasteiger partial charge in [-0.05, 0) is 24.8 Å². The van der Waals surface area contributed by atoms with E-state index in [1.165, 1.54) is 5.56 Å². The first-order chi connectivity index (χ1) is 9.84. The lowest BCUT2D eigenvalue weighted by atomic mass is 10.1. The smallest absolute Gasteiger partial charge is 0.308 e. The fourth-order valence-corrected chi connectivity index (χ4v) is 2.61. The maximum Gasteiger partial charge on any atom is 0.345 e. The maximum atomic E-state index is 12.1. The van der Waals surface area contributed by atoms with Gasteiger partial charge in [-0.1, -0.05) is 30.3 Å². The van der Waals surface area contributed by atoms with E-state index < -0.39 is 0 Å². The molecule has 0 aliphatic carbocycles. The zero-order valence-corrected chi connectivity index (χ0v) is 11.6. The molecule has 0 saturated heterocycles. The van der Waals surface area contributed by atoms with Crippen LogP contribution in [0.25, 0.3) is 0 Å². The fraction of sp³-hybridized carbons (Fsp3) is 0.467. The van der Waals surface area contributed by atoms with Gasteiger partial charge < -0.3 is 5.32 Å². The van der Waals surface area contributed by atoms with Crippen LogP contribution in [0.4, 0.5) is 0 Å². The quantitative estimate of drug-likeness (QED) is 0.831. The third kappa shape index (κ3) is 2.82. The molecular formula is C15H20N4O. The first kappa shape index (κ1) is 13.1. The van der Waals surface area contributed by atoms with E-state index in [1.807, 2.05) is 6.07 Å². The summed E-state index contributed by atoms with van der Waals surface area (Å²) in [5.74, 6) is 0.865. The molecule has 5 heteroatoms. The van der Waals surface area contributed by atoms with Gasteiger partial charge in [0, 0.05) is 19.6 Å². The van der Waals surface area contributed by atoms with Gasteiger partial charge in [-0.2, -0.15) is 5.10 Å². The Balaban J connectivity index is 1.54. The molecule has 1 aliphatic heterocycles. The summed E-state index contributed by atoms with van der Waals surface area (Å²) >= 11 is 0. The first-order valence-corrected chi connectivity index (χ1v) is 7.26. The summed E-state index contributed by atoms with van der Waals surface area (Å²) in [5.41, 5.74) is 1.40. The van der Waals surface area contributed by atoms with Crippen molar-refractivity contribution in [3.8, 4) is 0 Å². The number of unbranched alkanes of at least 4 members (excludes halogenated alkanes) is 1. The van der Waals surface area contributed by atoms with Crippen LogP contribution in [-0.2, 0) is 26.1 Å². The number of nitrogens with zero attached hydrogens (tertiary/aromatic N) is 3. The second-order valence-electron chi connectivity index (χ2n) is 5.19. The molecule has 0 amide bonds. The monoisotopic (exact) mass is 272 g/mol. The Bertz CT molecular complexity index is 615. The molecule has 0 radical (unpaired) electrons. The molecule has 1 aromatic carbocycles. The third-order valence-corrected chi connectivity index (χ3v) is 3.72. The van der Waals surface area contributed by atoms with Crippen LogP contribution in [0.3, 0.4) is 0 Å². The topological polar surface area (TPSA) is 51.9 Å². The van der Waals surface area contributed by atoms with Gasteiger partial charge in [0.2, 0.25) is 0 Å². The van der Waals surface area contributed by atoms with Gasteiger partial charge in [-0.3, -0.25) is 4.57 Å². The van der Waals surface area contributed by atoms with Crippen LogP contribution >= 0.6 is 0 Å². The van der Waals surface area contributed by atoms with Crippen LogP contribution in [0.15, 0.2) is 35.1 Å². The number of benzene rings is 1. The lowest BCUT2D eigenvalue weighted by molar-refractivity contribution is 0.496. The maximum absolute atomic E-state index is 12.1. The van der Waals surface area contributed by atoms with Crippen LogP contribution in [0.5, 0.6) is 0 Å². The molecule has 2 heterocycles. The Morgan fingerprint density at radius 3 is 2.85 bits per heavy atom. The number of hydrogen-bond donors (Lipinski definition) is 1. The number of hydrogen-bond acceptors (Lipinski definition) is 3. The number of rotatable bonds is 5. The van der Waals surface area contributed by atoms with E-state index >= 15 is 0 Å². The molecule has 106 valence electrons. The van der Waals surface area contributed by atoms with E-state index in [1.54, 1.807) is 9.25 Å². The van der Waals surface area contributed by atoms with Gasteiger partial charge in [0.15, 0.2) is 0 Å². The number of aryl methyl sites for hydroxylation is 2. The van der Waals surface area contributed by atoms with Crippen molar-refractivity contribution < 1.29 is 0 Å². The highest BCUT2D eigenvalue weighted by molar-refractivity contribution is 5.14. The van der Waals surface area contributed by atoms with E-state index in [0.29, 0.717) is 13.1 Å². The van der Waals surface area contributed by atoms with Gasteiger partial charge in [0.05, 0.1) is 6.54 Å². The molecule has 2 aromatic rings. The van der Waals surface area contributed by atoms with Crippen LogP contribution < -0.4 is 11.0 Å². The highest BCUT2D eigenvalue weighted by atomic mass is 16.2. The Hall–Kier alpha value is -1.88. The van der Waals surface area contributed by atoms with Crippen molar-refractivity contribution in [3.63, 3.8) is 0 Å². The molecule has 0 unspecified atom stereocenters. The minimum absolute atomic E-state index is 0.0428. The SMILES string of the molecule is O=c1n(CCCCc2ccccc2)nc2n1CCNC2. The highest BCUT2D eigenvalue weighted by Gasteiger charge is 2.15. The minimum atomic E-state index is 0.0428. The lowest BCUT2D eigenvalue weighted by Crippen LogP contribution is -2.34. The molecule has 0 saturated carbocycles. The summed E-state index contributed by atoms with van der Waals surface area (Å²) in [6.45, 7) is 3.00. The molecule has 0 bridgehead atoms. The molecule has 0 fully saturated rings. The number of fused-ring (bicyclic) bond motifs is 1. The van der Waals surface area contributed by atoms with Crippen molar-refractivity contribution in [1.29, 1.82) is 0 Å². The molecule has 3 rings (SSSR count). The summed E-state index contributed by atoms with van der Waals surface area (Å²) < 4.78 is 3.40. The average Bonchev–Trinajstić information content (AvgIpc) is 2.82. The van der Waals surface area contributed by atoms with Crippen LogP contribution in [0.2, 0.25) is 0 Å². The summed E-state index contributed by atoms with van der Waals surface area (Å²) in [5, 5.41) is 7.63. The van der Waals surface area contributed by atoms with Gasteiger partial charge in [-0.15, -0.1) is 0 Å². The van der Waals surface area contributed by atoms with E-state index in [2.05, 4.69) is 34.7 Å². The Morgan fingerprint density at radius 1 is 1.20 bits per heavy atom. The lowest BCUT2D eigenvalue weighted by Gasteiger charge is -2.11. The first-order valence-electron chi connectivity index (χ1n) is 7.26. The van der Waals surface area contributed by atoms with E-state index in [4.69, 9.17) is 0 Å². The van der Waals surface area contributed by atoms with Crippen molar-refractivity contribution in [2.75, 3.05) is 6.54 Å². The molecular weight excluding hydrogens is 252 g/mol. The van der Waals surface area contributed by atoms with Crippen LogP contribution in [-0.4, -0.2) is 20.9 Å². The standard InChI is InChI=1S/C15H20N4O/c20-15-18-11-9-16-12-14(18)17-19(15)10-5-4-8-13-6-2-1-3-7-13/h1-3,6-7,16H,4-5,8-12H2. The van der Waals surface area contributed by atoms with Crippen molar-refractivity contribution in [3.05, 3.63) is 52.2 Å². The fourth-order valence-electron chi connectivity index (χ4n) is 2.61. The van der Waals surface area contributed by atoms with Gasteiger partial charge in [0.25, 0.3) is 0 Å². The normalized spacial score (nSPS) is 14.2. The molecule has 1 aliphatic rings. The Morgan fingerprint density at radius 2 is 2.05 bits per heavy atom. The second-order valence-corrected chi connectivity index (χ2v) is 5.19. The molecule has 1 aromatic heterocycles. The number of aromatic nitrogens is 3. The van der Waals surface area contributed by atoms with Gasteiger partial charge in [-0.25, -0.2) is 9.48 Å². The van der Waals surface area contributed by atoms with Gasteiger partial charge >= 0.3 is 5.69 Å². The Labute approximate surface area is 118 Å². The summed E-state index contributed by atoms with van der Waals surface area (Å²) in [4.78, 5) is 12.1. The number of nitrogens with one attached hydrogen (secondary N) is 1. The van der Waals surface area contributed by atoms with E-state index in [-0.39, 0.29) is 5.69 Å². The van der Waals surface area contributed by atoms with Gasteiger partial charge in [0.1, 0.15) is 5.82 Å².